The zero-order valence-electron chi connectivity index (χ0n) is 10.7. The summed E-state index contributed by atoms with van der Waals surface area (Å²) in [4.78, 5) is 5.55. The Hall–Kier alpha value is -0.820. The zero-order valence-corrected chi connectivity index (χ0v) is 13.1. The van der Waals surface area contributed by atoms with Gasteiger partial charge in [0, 0.05) is 47.0 Å². The SMILES string of the molecule is Cn1ccnc1CC(CSc1cccc(Br)c1)NN. The fourth-order valence-electron chi connectivity index (χ4n) is 1.73. The number of thioether (sulfide) groups is 1. The summed E-state index contributed by atoms with van der Waals surface area (Å²) in [5.74, 6) is 7.57. The van der Waals surface area contributed by atoms with Crippen LogP contribution in [0.15, 0.2) is 46.0 Å². The van der Waals surface area contributed by atoms with Gasteiger partial charge in [-0.3, -0.25) is 11.3 Å². The second kappa shape index (κ2) is 7.09. The molecule has 0 bridgehead atoms. The van der Waals surface area contributed by atoms with Crippen molar-refractivity contribution in [3.8, 4) is 0 Å². The molecule has 4 nitrogen and oxygen atoms in total. The number of hydrazine groups is 1. The third-order valence-electron chi connectivity index (χ3n) is 2.83. The second-order valence-corrected chi connectivity index (χ2v) is 6.30. The van der Waals surface area contributed by atoms with Crippen molar-refractivity contribution < 1.29 is 0 Å². The van der Waals surface area contributed by atoms with Gasteiger partial charge < -0.3 is 4.57 Å². The van der Waals surface area contributed by atoms with Gasteiger partial charge in [0.25, 0.3) is 0 Å². The Morgan fingerprint density at radius 2 is 2.37 bits per heavy atom. The number of halogens is 1. The summed E-state index contributed by atoms with van der Waals surface area (Å²) in [6, 6.07) is 8.47. The van der Waals surface area contributed by atoms with E-state index in [2.05, 4.69) is 38.5 Å². The molecule has 1 heterocycles. The summed E-state index contributed by atoms with van der Waals surface area (Å²) in [6.45, 7) is 0. The summed E-state index contributed by atoms with van der Waals surface area (Å²) in [5, 5.41) is 0. The lowest BCUT2D eigenvalue weighted by molar-refractivity contribution is 0.552. The van der Waals surface area contributed by atoms with Crippen molar-refractivity contribution in [2.75, 3.05) is 5.75 Å². The van der Waals surface area contributed by atoms with Crippen LogP contribution >= 0.6 is 27.7 Å². The molecule has 0 radical (unpaired) electrons. The average Bonchev–Trinajstić information content (AvgIpc) is 2.80. The van der Waals surface area contributed by atoms with E-state index >= 15 is 0 Å². The van der Waals surface area contributed by atoms with Gasteiger partial charge in [-0.15, -0.1) is 11.8 Å². The van der Waals surface area contributed by atoms with Crippen molar-refractivity contribution >= 4 is 27.7 Å². The Balaban J connectivity index is 1.91. The third kappa shape index (κ3) is 4.35. The number of imidazole rings is 1. The van der Waals surface area contributed by atoms with E-state index in [4.69, 9.17) is 5.84 Å². The largest absolute Gasteiger partial charge is 0.338 e. The molecule has 0 spiro atoms. The number of aryl methyl sites for hydroxylation is 1. The van der Waals surface area contributed by atoms with Gasteiger partial charge in [-0.05, 0) is 18.2 Å². The number of hydrogen-bond donors (Lipinski definition) is 2. The number of aromatic nitrogens is 2. The molecule has 1 aromatic carbocycles. The first-order valence-electron chi connectivity index (χ1n) is 5.99. The molecule has 0 amide bonds. The van der Waals surface area contributed by atoms with Crippen molar-refractivity contribution in [3.05, 3.63) is 47.0 Å². The first-order valence-corrected chi connectivity index (χ1v) is 7.77. The van der Waals surface area contributed by atoms with Gasteiger partial charge >= 0.3 is 0 Å². The minimum Gasteiger partial charge on any atom is -0.338 e. The van der Waals surface area contributed by atoms with Crippen LogP contribution in [0.25, 0.3) is 0 Å². The van der Waals surface area contributed by atoms with E-state index in [-0.39, 0.29) is 6.04 Å². The van der Waals surface area contributed by atoms with E-state index in [9.17, 15) is 0 Å². The minimum atomic E-state index is 0.199. The Morgan fingerprint density at radius 3 is 3.00 bits per heavy atom. The van der Waals surface area contributed by atoms with Crippen LogP contribution in [0.4, 0.5) is 0 Å². The van der Waals surface area contributed by atoms with E-state index in [0.29, 0.717) is 0 Å². The monoisotopic (exact) mass is 340 g/mol. The maximum atomic E-state index is 5.62. The van der Waals surface area contributed by atoms with Crippen LogP contribution in [0.5, 0.6) is 0 Å². The second-order valence-electron chi connectivity index (χ2n) is 4.29. The molecule has 3 N–H and O–H groups in total. The highest BCUT2D eigenvalue weighted by Crippen LogP contribution is 2.22. The van der Waals surface area contributed by atoms with E-state index in [1.165, 1.54) is 4.90 Å². The van der Waals surface area contributed by atoms with E-state index < -0.39 is 0 Å². The molecule has 6 heteroatoms. The molecule has 1 atom stereocenters. The van der Waals surface area contributed by atoms with Crippen LogP contribution in [0.2, 0.25) is 0 Å². The lowest BCUT2D eigenvalue weighted by atomic mass is 10.2. The molecular weight excluding hydrogens is 324 g/mol. The molecule has 0 saturated heterocycles. The van der Waals surface area contributed by atoms with Crippen LogP contribution in [0, 0.1) is 0 Å². The lowest BCUT2D eigenvalue weighted by Crippen LogP contribution is -2.39. The van der Waals surface area contributed by atoms with Crippen LogP contribution in [-0.4, -0.2) is 21.3 Å². The maximum absolute atomic E-state index is 5.62. The third-order valence-corrected chi connectivity index (χ3v) is 4.48. The van der Waals surface area contributed by atoms with Crippen molar-refractivity contribution in [3.63, 3.8) is 0 Å². The number of nitrogens with zero attached hydrogens (tertiary/aromatic N) is 2. The summed E-state index contributed by atoms with van der Waals surface area (Å²) in [5.41, 5.74) is 2.87. The molecule has 0 saturated carbocycles. The van der Waals surface area contributed by atoms with Gasteiger partial charge in [-0.2, -0.15) is 0 Å². The molecule has 19 heavy (non-hydrogen) atoms. The fraction of sp³-hybridized carbons (Fsp3) is 0.308. The Bertz CT molecular complexity index is 529. The summed E-state index contributed by atoms with van der Waals surface area (Å²) < 4.78 is 3.12. The highest BCUT2D eigenvalue weighted by molar-refractivity contribution is 9.10. The van der Waals surface area contributed by atoms with Crippen LogP contribution in [0.3, 0.4) is 0 Å². The predicted octanol–water partition coefficient (Wildman–Crippen LogP) is 2.35. The first-order chi connectivity index (χ1) is 9.19. The number of nitrogens with two attached hydrogens (primary N) is 1. The first kappa shape index (κ1) is 14.6. The average molecular weight is 341 g/mol. The molecule has 0 aliphatic rings. The molecule has 1 unspecified atom stereocenters. The maximum Gasteiger partial charge on any atom is 0.110 e. The van der Waals surface area contributed by atoms with Crippen molar-refractivity contribution in [1.29, 1.82) is 0 Å². The van der Waals surface area contributed by atoms with Crippen LogP contribution in [-0.2, 0) is 13.5 Å². The molecule has 2 rings (SSSR count). The van der Waals surface area contributed by atoms with E-state index in [1.54, 1.807) is 11.8 Å². The van der Waals surface area contributed by atoms with Crippen molar-refractivity contribution in [2.24, 2.45) is 12.9 Å². The van der Waals surface area contributed by atoms with Gasteiger partial charge in [0.15, 0.2) is 0 Å². The molecule has 0 aliphatic heterocycles. The Morgan fingerprint density at radius 1 is 1.53 bits per heavy atom. The molecule has 102 valence electrons. The molecular formula is C13H17BrN4S. The van der Waals surface area contributed by atoms with Gasteiger partial charge in [0.1, 0.15) is 5.82 Å². The fourth-order valence-corrected chi connectivity index (χ4v) is 3.28. The molecule has 1 aromatic heterocycles. The molecule has 0 aliphatic carbocycles. The van der Waals surface area contributed by atoms with Gasteiger partial charge in [-0.1, -0.05) is 22.0 Å². The Labute approximate surface area is 125 Å². The highest BCUT2D eigenvalue weighted by Gasteiger charge is 2.11. The Kier molecular flexibility index (Phi) is 5.45. The minimum absolute atomic E-state index is 0.199. The van der Waals surface area contributed by atoms with Gasteiger partial charge in [0.05, 0.1) is 0 Å². The van der Waals surface area contributed by atoms with Crippen LogP contribution in [0.1, 0.15) is 5.82 Å². The standard InChI is InChI=1S/C13H17BrN4S/c1-18-6-5-16-13(18)8-11(17-15)9-19-12-4-2-3-10(14)7-12/h2-7,11,17H,8-9,15H2,1H3. The summed E-state index contributed by atoms with van der Waals surface area (Å²) in [7, 11) is 2.00. The smallest absolute Gasteiger partial charge is 0.110 e. The number of rotatable bonds is 6. The van der Waals surface area contributed by atoms with Crippen molar-refractivity contribution in [2.45, 2.75) is 17.4 Å². The van der Waals surface area contributed by atoms with Gasteiger partial charge in [0.2, 0.25) is 0 Å². The zero-order chi connectivity index (χ0) is 13.7. The topological polar surface area (TPSA) is 55.9 Å². The molecule has 2 aromatic rings. The predicted molar refractivity (Wildman–Crippen MR) is 82.9 cm³/mol. The van der Waals surface area contributed by atoms with Crippen LogP contribution < -0.4 is 11.3 Å². The number of nitrogens with one attached hydrogen (secondary N) is 1. The summed E-state index contributed by atoms with van der Waals surface area (Å²) in [6.07, 6.45) is 4.58. The summed E-state index contributed by atoms with van der Waals surface area (Å²) >= 11 is 5.26. The molecule has 0 fully saturated rings. The quantitative estimate of drug-likeness (QED) is 0.481. The van der Waals surface area contributed by atoms with E-state index in [0.717, 1.165) is 22.5 Å². The van der Waals surface area contributed by atoms with Gasteiger partial charge in [-0.25, -0.2) is 4.98 Å². The normalized spacial score (nSPS) is 12.6. The number of hydrogen-bond acceptors (Lipinski definition) is 4. The number of benzene rings is 1. The lowest BCUT2D eigenvalue weighted by Gasteiger charge is -2.15. The van der Waals surface area contributed by atoms with E-state index in [1.807, 2.05) is 36.1 Å². The van der Waals surface area contributed by atoms with Crippen molar-refractivity contribution in [1.82, 2.24) is 15.0 Å². The highest BCUT2D eigenvalue weighted by atomic mass is 79.9.